The third kappa shape index (κ3) is 11.3. The van der Waals surface area contributed by atoms with Crippen molar-refractivity contribution in [2.45, 2.75) is 65.0 Å². The minimum Gasteiger partial charge on any atom is -0.550 e. The molecule has 1 heterocycles. The fourth-order valence-electron chi connectivity index (χ4n) is 5.15. The average molecular weight is 723 g/mol. The molecule has 0 amide bonds. The van der Waals surface area contributed by atoms with E-state index >= 15 is 0 Å². The van der Waals surface area contributed by atoms with E-state index in [0.29, 0.717) is 22.9 Å². The first-order chi connectivity index (χ1) is 23.6. The topological polar surface area (TPSA) is 111 Å². The van der Waals surface area contributed by atoms with Gasteiger partial charge in [-0.05, 0) is 90.4 Å². The largest absolute Gasteiger partial charge is 1.00 e. The number of carbonyl (C=O) groups excluding carboxylic acids is 1. The van der Waals surface area contributed by atoms with Crippen LogP contribution in [0.2, 0.25) is 0 Å². The predicted octanol–water partition coefficient (Wildman–Crippen LogP) is 4.69. The Hall–Kier alpha value is -4.32. The van der Waals surface area contributed by atoms with Crippen LogP contribution in [0.5, 0.6) is 11.5 Å². The summed E-state index contributed by atoms with van der Waals surface area (Å²) < 4.78 is 94.9. The van der Waals surface area contributed by atoms with Gasteiger partial charge < -0.3 is 24.3 Å². The number of halogens is 6. The van der Waals surface area contributed by atoms with Crippen LogP contribution in [0, 0.1) is 11.3 Å². The molecular weight excluding hydrogens is 689 g/mol. The Kier molecular flexibility index (Phi) is 14.3. The summed E-state index contributed by atoms with van der Waals surface area (Å²) >= 11 is 0. The van der Waals surface area contributed by atoms with Gasteiger partial charge in [0.2, 0.25) is 5.95 Å². The summed E-state index contributed by atoms with van der Waals surface area (Å²) in [6.07, 6.45) is -7.06. The molecule has 4 aromatic rings. The molecule has 0 unspecified atom stereocenters. The Labute approximate surface area is 313 Å². The number of ether oxygens (including phenoxy) is 2. The normalized spacial score (nSPS) is 11.5. The molecule has 51 heavy (non-hydrogen) atoms. The second kappa shape index (κ2) is 17.7. The van der Waals surface area contributed by atoms with E-state index in [9.17, 15) is 41.5 Å². The number of carbonyl (C=O) groups is 1. The van der Waals surface area contributed by atoms with Gasteiger partial charge in [0, 0.05) is 24.6 Å². The summed E-state index contributed by atoms with van der Waals surface area (Å²) in [7, 11) is 0. The van der Waals surface area contributed by atoms with Crippen molar-refractivity contribution in [3.63, 3.8) is 0 Å². The van der Waals surface area contributed by atoms with Crippen LogP contribution in [0.25, 0.3) is 11.1 Å². The van der Waals surface area contributed by atoms with Gasteiger partial charge in [0.25, 0.3) is 0 Å². The van der Waals surface area contributed by atoms with Crippen molar-refractivity contribution in [1.29, 1.82) is 5.26 Å². The molecule has 0 N–H and O–H groups in total. The van der Waals surface area contributed by atoms with Crippen molar-refractivity contribution in [1.82, 2.24) is 9.97 Å². The fourth-order valence-corrected chi connectivity index (χ4v) is 5.15. The molecule has 0 spiro atoms. The van der Waals surface area contributed by atoms with Crippen molar-refractivity contribution in [3.8, 4) is 28.7 Å². The van der Waals surface area contributed by atoms with E-state index in [1.807, 2.05) is 26.0 Å². The summed E-state index contributed by atoms with van der Waals surface area (Å²) in [5.41, 5.74) is -0.272. The maximum absolute atomic E-state index is 14.1. The number of carboxylic acids is 1. The van der Waals surface area contributed by atoms with Gasteiger partial charge in [0.05, 0.1) is 48.4 Å². The molecule has 0 aliphatic rings. The molecule has 0 saturated carbocycles. The quantitative estimate of drug-likeness (QED) is 0.105. The molecule has 0 aliphatic carbocycles. The number of hydrogen-bond acceptors (Lipinski definition) is 8. The molecular formula is C36H33F6N4NaO4. The van der Waals surface area contributed by atoms with E-state index in [-0.39, 0.29) is 103 Å². The van der Waals surface area contributed by atoms with E-state index in [0.717, 1.165) is 23.8 Å². The molecule has 4 rings (SSSR count). The third-order valence-electron chi connectivity index (χ3n) is 7.57. The zero-order valence-corrected chi connectivity index (χ0v) is 30.4. The van der Waals surface area contributed by atoms with E-state index in [2.05, 4.69) is 9.97 Å². The molecule has 0 atom stereocenters. The number of alkyl halides is 6. The van der Waals surface area contributed by atoms with Crippen molar-refractivity contribution >= 4 is 11.9 Å². The zero-order valence-electron chi connectivity index (χ0n) is 28.4. The molecule has 3 aromatic carbocycles. The minimum atomic E-state index is -4.77. The molecule has 0 aliphatic heterocycles. The first-order valence-electron chi connectivity index (χ1n) is 15.6. The molecule has 15 heteroatoms. The average Bonchev–Trinajstić information content (AvgIpc) is 3.06. The van der Waals surface area contributed by atoms with Gasteiger partial charge in [0.1, 0.15) is 5.75 Å². The SMILES string of the molecule is CCOc1ccc(C(C)C)cc1-c1ccc(C(F)(F)F)cc1CN(Cc1cc(C#N)cc(C(F)(F)F)c1)c1ncc(OCCCC(=O)[O-])cn1.[Na+]. The van der Waals surface area contributed by atoms with Crippen LogP contribution in [-0.2, 0) is 30.2 Å². The van der Waals surface area contributed by atoms with Crippen molar-refractivity contribution in [2.24, 2.45) is 0 Å². The molecule has 1 aromatic heterocycles. The van der Waals surface area contributed by atoms with E-state index in [1.54, 1.807) is 19.1 Å². The number of anilines is 1. The number of aromatic nitrogens is 2. The molecule has 0 radical (unpaired) electrons. The first-order valence-corrected chi connectivity index (χ1v) is 15.6. The van der Waals surface area contributed by atoms with Crippen LogP contribution < -0.4 is 49.0 Å². The molecule has 8 nitrogen and oxygen atoms in total. The number of rotatable bonds is 14. The van der Waals surface area contributed by atoms with Crippen LogP contribution in [0.15, 0.2) is 67.0 Å². The molecule has 0 saturated heterocycles. The summed E-state index contributed by atoms with van der Waals surface area (Å²) in [6, 6.07) is 13.2. The standard InChI is InChI=1S/C36H34F6N4O4.Na/c1-4-49-32-10-7-25(22(2)3)16-31(32)30-9-8-27(35(37,38)39)15-26(30)21-46(20-24-12-23(17-43)13-28(14-24)36(40,41)42)34-44-18-29(19-45-34)50-11-5-6-33(47)48;/h7-10,12-16,18-19,22H,4-6,11,20-21H2,1-3H3,(H,47,48);/q;+1/p-1. The van der Waals surface area contributed by atoms with Gasteiger partial charge >= 0.3 is 41.9 Å². The number of carboxylic acid groups (broad SMARTS) is 1. The van der Waals surface area contributed by atoms with Crippen LogP contribution in [0.1, 0.15) is 72.9 Å². The van der Waals surface area contributed by atoms with Gasteiger partial charge in [-0.15, -0.1) is 0 Å². The van der Waals surface area contributed by atoms with Crippen molar-refractivity contribution < 1.29 is 75.3 Å². The maximum Gasteiger partial charge on any atom is 1.00 e. The number of nitriles is 1. The molecule has 264 valence electrons. The summed E-state index contributed by atoms with van der Waals surface area (Å²) in [5, 5.41) is 20.2. The Bertz CT molecular complexity index is 1840. The van der Waals surface area contributed by atoms with Crippen LogP contribution >= 0.6 is 0 Å². The molecule has 0 bridgehead atoms. The van der Waals surface area contributed by atoms with E-state index < -0.39 is 29.4 Å². The second-order valence-corrected chi connectivity index (χ2v) is 11.6. The van der Waals surface area contributed by atoms with Crippen LogP contribution in [-0.4, -0.2) is 29.2 Å². The predicted molar refractivity (Wildman–Crippen MR) is 170 cm³/mol. The van der Waals surface area contributed by atoms with Gasteiger partial charge in [-0.2, -0.15) is 31.6 Å². The summed E-state index contributed by atoms with van der Waals surface area (Å²) in [4.78, 5) is 20.6. The fraction of sp³-hybridized carbons (Fsp3) is 0.333. The van der Waals surface area contributed by atoms with Gasteiger partial charge in [0.15, 0.2) is 5.75 Å². The Morgan fingerprint density at radius 1 is 0.902 bits per heavy atom. The van der Waals surface area contributed by atoms with Crippen molar-refractivity contribution in [2.75, 3.05) is 18.1 Å². The number of nitrogens with zero attached hydrogens (tertiary/aromatic N) is 4. The van der Waals surface area contributed by atoms with Gasteiger partial charge in [-0.1, -0.05) is 26.0 Å². The van der Waals surface area contributed by atoms with Crippen LogP contribution in [0.4, 0.5) is 32.3 Å². The first kappa shape index (κ1) is 41.1. The van der Waals surface area contributed by atoms with Gasteiger partial charge in [-0.3, -0.25) is 0 Å². The Balaban J connectivity index is 0.00000702. The number of benzene rings is 3. The maximum atomic E-state index is 14.1. The van der Waals surface area contributed by atoms with Crippen molar-refractivity contribution in [3.05, 3.63) is 100 Å². The number of hydrogen-bond donors (Lipinski definition) is 0. The Morgan fingerprint density at radius 3 is 2.18 bits per heavy atom. The second-order valence-electron chi connectivity index (χ2n) is 11.6. The molecule has 0 fully saturated rings. The van der Waals surface area contributed by atoms with E-state index in [4.69, 9.17) is 9.47 Å². The van der Waals surface area contributed by atoms with Gasteiger partial charge in [-0.25, -0.2) is 9.97 Å². The minimum absolute atomic E-state index is 0. The third-order valence-corrected chi connectivity index (χ3v) is 7.57. The Morgan fingerprint density at radius 2 is 1.59 bits per heavy atom. The monoisotopic (exact) mass is 722 g/mol. The van der Waals surface area contributed by atoms with Crippen LogP contribution in [0.3, 0.4) is 0 Å². The summed E-state index contributed by atoms with van der Waals surface area (Å²) in [5.74, 6) is -0.651. The smallest absolute Gasteiger partial charge is 0.550 e. The summed E-state index contributed by atoms with van der Waals surface area (Å²) in [6.45, 7) is 5.36. The number of aliphatic carboxylic acids is 1. The zero-order chi connectivity index (χ0) is 36.6. The van der Waals surface area contributed by atoms with E-state index in [1.165, 1.54) is 29.4 Å².